The van der Waals surface area contributed by atoms with Crippen molar-refractivity contribution in [3.05, 3.63) is 95.1 Å². The van der Waals surface area contributed by atoms with Gasteiger partial charge in [0.05, 0.1) is 18.8 Å². The van der Waals surface area contributed by atoms with E-state index in [2.05, 4.69) is 51.9 Å². The highest BCUT2D eigenvalue weighted by Gasteiger charge is 2.32. The van der Waals surface area contributed by atoms with E-state index in [-0.39, 0.29) is 18.8 Å². The number of ether oxygens (including phenoxy) is 2. The molecule has 3 unspecified atom stereocenters. The molecule has 2 heterocycles. The fourth-order valence-electron chi connectivity index (χ4n) is 4.33. The van der Waals surface area contributed by atoms with Crippen molar-refractivity contribution in [3.63, 3.8) is 0 Å². The van der Waals surface area contributed by atoms with Crippen LogP contribution in [0.25, 0.3) is 11.1 Å². The third-order valence-electron chi connectivity index (χ3n) is 6.33. The lowest BCUT2D eigenvalue weighted by Crippen LogP contribution is -2.31. The molecule has 0 saturated carbocycles. The van der Waals surface area contributed by atoms with Crippen LogP contribution in [0, 0.1) is 0 Å². The van der Waals surface area contributed by atoms with Gasteiger partial charge in [-0.05, 0) is 38.2 Å². The van der Waals surface area contributed by atoms with E-state index in [1.165, 1.54) is 0 Å². The van der Waals surface area contributed by atoms with Crippen LogP contribution in [0.2, 0.25) is 0 Å². The number of aliphatic hydroxyl groups excluding tert-OH is 1. The van der Waals surface area contributed by atoms with Crippen LogP contribution in [0.3, 0.4) is 0 Å². The maximum atomic E-state index is 9.41. The van der Waals surface area contributed by atoms with Gasteiger partial charge in [-0.25, -0.2) is 4.68 Å². The van der Waals surface area contributed by atoms with Gasteiger partial charge < -0.3 is 20.3 Å². The maximum absolute atomic E-state index is 9.41. The van der Waals surface area contributed by atoms with E-state index < -0.39 is 6.29 Å². The summed E-state index contributed by atoms with van der Waals surface area (Å²) >= 11 is 1.57. The Labute approximate surface area is 214 Å². The van der Waals surface area contributed by atoms with Crippen molar-refractivity contribution < 1.29 is 14.6 Å². The molecule has 0 aliphatic carbocycles. The highest BCUT2D eigenvalue weighted by atomic mass is 32.2. The summed E-state index contributed by atoms with van der Waals surface area (Å²) in [5.41, 5.74) is 12.2. The van der Waals surface area contributed by atoms with Gasteiger partial charge >= 0.3 is 0 Å². The van der Waals surface area contributed by atoms with E-state index in [1.807, 2.05) is 43.4 Å². The molecule has 3 N–H and O–H groups in total. The van der Waals surface area contributed by atoms with Crippen LogP contribution in [-0.4, -0.2) is 37.2 Å². The van der Waals surface area contributed by atoms with Gasteiger partial charge in [0.15, 0.2) is 6.29 Å². The summed E-state index contributed by atoms with van der Waals surface area (Å²) in [4.78, 5) is 0. The van der Waals surface area contributed by atoms with E-state index in [4.69, 9.17) is 15.2 Å². The number of aliphatic hydroxyl groups is 1. The van der Waals surface area contributed by atoms with E-state index in [0.717, 1.165) is 38.5 Å². The molecular formula is C27H29N5O3S. The molecule has 8 nitrogen and oxygen atoms in total. The number of benzene rings is 3. The van der Waals surface area contributed by atoms with Crippen molar-refractivity contribution in [2.75, 3.05) is 5.75 Å². The normalized spacial score (nSPS) is 19.9. The molecule has 0 spiro atoms. The van der Waals surface area contributed by atoms with E-state index in [1.54, 1.807) is 16.4 Å². The summed E-state index contributed by atoms with van der Waals surface area (Å²) in [5.74, 6) is 0.696. The lowest BCUT2D eigenvalue weighted by molar-refractivity contribution is -0.245. The first-order valence-corrected chi connectivity index (χ1v) is 12.9. The molecule has 1 aromatic heterocycles. The monoisotopic (exact) mass is 503 g/mol. The third kappa shape index (κ3) is 5.50. The van der Waals surface area contributed by atoms with E-state index in [9.17, 15) is 5.11 Å². The van der Waals surface area contributed by atoms with Crippen molar-refractivity contribution in [2.45, 2.75) is 43.2 Å². The number of hydrogen-bond donors (Lipinski definition) is 2. The topological polar surface area (TPSA) is 108 Å². The first kappa shape index (κ1) is 24.6. The van der Waals surface area contributed by atoms with Gasteiger partial charge in [-0.3, -0.25) is 0 Å². The number of thioether (sulfide) groups is 1. The van der Waals surface area contributed by atoms with Crippen LogP contribution in [0.15, 0.2) is 78.0 Å². The quantitative estimate of drug-likeness (QED) is 0.345. The number of hydrogen-bond acceptors (Lipinski definition) is 8. The second kappa shape index (κ2) is 11.3. The largest absolute Gasteiger partial charge is 0.392 e. The lowest BCUT2D eigenvalue weighted by Gasteiger charge is -2.36. The molecule has 186 valence electrons. The van der Waals surface area contributed by atoms with Gasteiger partial charge in [-0.1, -0.05) is 84.6 Å². The van der Waals surface area contributed by atoms with Gasteiger partial charge in [0, 0.05) is 31.3 Å². The number of tetrazole rings is 1. The number of aromatic nitrogens is 4. The first-order valence-electron chi connectivity index (χ1n) is 11.9. The van der Waals surface area contributed by atoms with Crippen LogP contribution in [0.1, 0.15) is 41.1 Å². The average Bonchev–Trinajstić information content (AvgIpc) is 3.36. The lowest BCUT2D eigenvalue weighted by atomic mass is 9.98. The average molecular weight is 504 g/mol. The fraction of sp³-hybridized carbons (Fsp3) is 0.296. The second-order valence-electron chi connectivity index (χ2n) is 8.73. The van der Waals surface area contributed by atoms with Crippen molar-refractivity contribution in [2.24, 2.45) is 12.8 Å². The summed E-state index contributed by atoms with van der Waals surface area (Å²) in [5, 5.41) is 21.9. The molecule has 1 aliphatic rings. The molecule has 1 saturated heterocycles. The Hall–Kier alpha value is -3.08. The maximum Gasteiger partial charge on any atom is 0.209 e. The molecule has 0 amide bonds. The molecule has 5 rings (SSSR count). The zero-order valence-corrected chi connectivity index (χ0v) is 20.8. The Morgan fingerprint density at radius 1 is 1.00 bits per heavy atom. The number of rotatable bonds is 8. The van der Waals surface area contributed by atoms with Crippen molar-refractivity contribution in [1.82, 2.24) is 20.2 Å². The summed E-state index contributed by atoms with van der Waals surface area (Å²) < 4.78 is 14.5. The highest BCUT2D eigenvalue weighted by molar-refractivity contribution is 7.99. The van der Waals surface area contributed by atoms with E-state index >= 15 is 0 Å². The summed E-state index contributed by atoms with van der Waals surface area (Å²) in [7, 11) is 1.83. The van der Waals surface area contributed by atoms with Crippen LogP contribution < -0.4 is 5.73 Å². The van der Waals surface area contributed by atoms with Crippen LogP contribution in [0.5, 0.6) is 0 Å². The Bertz CT molecular complexity index is 1280. The molecular weight excluding hydrogens is 474 g/mol. The molecule has 1 fully saturated rings. The number of nitrogens with two attached hydrogens (primary N) is 1. The molecule has 36 heavy (non-hydrogen) atoms. The Morgan fingerprint density at radius 3 is 2.44 bits per heavy atom. The zero-order valence-electron chi connectivity index (χ0n) is 20.0. The molecule has 1 aliphatic heterocycles. The fourth-order valence-corrected chi connectivity index (χ4v) is 5.20. The zero-order chi connectivity index (χ0) is 24.9. The minimum Gasteiger partial charge on any atom is -0.392 e. The molecule has 3 aromatic carbocycles. The number of aryl methyl sites for hydroxylation is 1. The summed E-state index contributed by atoms with van der Waals surface area (Å²) in [6.07, 6.45) is -0.0128. The molecule has 3 atom stereocenters. The SMILES string of the molecule is Cn1nnnc1SCC1CC(c2ccc(CO)cc2)OC(c2ccc(-c3ccccc3CN)cc2)O1. The first-order chi connectivity index (χ1) is 17.6. The Morgan fingerprint density at radius 2 is 1.75 bits per heavy atom. The molecule has 0 radical (unpaired) electrons. The van der Waals surface area contributed by atoms with Gasteiger partial charge in [0.1, 0.15) is 0 Å². The smallest absolute Gasteiger partial charge is 0.209 e. The van der Waals surface area contributed by atoms with Gasteiger partial charge in [0.25, 0.3) is 0 Å². The van der Waals surface area contributed by atoms with Gasteiger partial charge in [0.2, 0.25) is 5.16 Å². The van der Waals surface area contributed by atoms with E-state index in [0.29, 0.717) is 18.7 Å². The second-order valence-corrected chi connectivity index (χ2v) is 9.72. The minimum absolute atomic E-state index is 0.0160. The van der Waals surface area contributed by atoms with Gasteiger partial charge in [-0.2, -0.15) is 0 Å². The van der Waals surface area contributed by atoms with Crippen molar-refractivity contribution in [3.8, 4) is 11.1 Å². The highest BCUT2D eigenvalue weighted by Crippen LogP contribution is 2.39. The molecule has 0 bridgehead atoms. The predicted molar refractivity (Wildman–Crippen MR) is 138 cm³/mol. The standard InChI is InChI=1S/C27H29N5O3S/c1-32-27(29-30-31-32)36-17-23-14-25(20-8-6-18(16-33)7-9-20)35-26(34-23)21-12-10-19(11-13-21)24-5-3-2-4-22(24)15-28/h2-13,23,25-26,33H,14-17,28H2,1H3. The van der Waals surface area contributed by atoms with Crippen molar-refractivity contribution >= 4 is 11.8 Å². The van der Waals surface area contributed by atoms with Crippen LogP contribution in [-0.2, 0) is 29.7 Å². The van der Waals surface area contributed by atoms with Crippen molar-refractivity contribution in [1.29, 1.82) is 0 Å². The molecule has 9 heteroatoms. The Kier molecular flexibility index (Phi) is 7.74. The summed E-state index contributed by atoms with van der Waals surface area (Å²) in [6.45, 7) is 0.506. The predicted octanol–water partition coefficient (Wildman–Crippen LogP) is 4.17. The minimum atomic E-state index is -0.511. The number of nitrogens with zero attached hydrogens (tertiary/aromatic N) is 4. The Balaban J connectivity index is 1.37. The summed E-state index contributed by atoms with van der Waals surface area (Å²) in [6, 6.07) is 24.4. The van der Waals surface area contributed by atoms with Crippen LogP contribution >= 0.6 is 11.8 Å². The third-order valence-corrected chi connectivity index (χ3v) is 7.47. The molecule has 4 aromatic rings. The van der Waals surface area contributed by atoms with Gasteiger partial charge in [-0.15, -0.1) is 5.10 Å². The van der Waals surface area contributed by atoms with Crippen LogP contribution in [0.4, 0.5) is 0 Å².